The molecule has 0 saturated heterocycles. The predicted molar refractivity (Wildman–Crippen MR) is 190 cm³/mol. The molecule has 0 aromatic heterocycles. The van der Waals surface area contributed by atoms with Gasteiger partial charge >= 0.3 is 29.8 Å². The average Bonchev–Trinajstić information content (AvgIpc) is 3.16. The molecule has 0 fully saturated rings. The zero-order valence-electron chi connectivity index (χ0n) is 28.6. The average molecular weight is 711 g/mol. The molecule has 0 atom stereocenters. The number of esters is 5. The molecule has 12 heteroatoms. The van der Waals surface area contributed by atoms with Gasteiger partial charge in [-0.2, -0.15) is 0 Å². The fourth-order valence-corrected chi connectivity index (χ4v) is 3.91. The van der Waals surface area contributed by atoms with Crippen LogP contribution in [-0.2, 0) is 28.5 Å². The summed E-state index contributed by atoms with van der Waals surface area (Å²) in [6, 6.07) is 18.4. The number of carbonyl (C=O) groups is 5. The molecular formula is C40H38O12. The van der Waals surface area contributed by atoms with Crippen molar-refractivity contribution in [2.75, 3.05) is 26.4 Å². The van der Waals surface area contributed by atoms with Crippen LogP contribution in [0.2, 0.25) is 0 Å². The highest BCUT2D eigenvalue weighted by molar-refractivity contribution is 5.92. The molecule has 0 N–H and O–H groups in total. The number of benzene rings is 3. The Morgan fingerprint density at radius 3 is 1.38 bits per heavy atom. The quantitative estimate of drug-likeness (QED) is 0.0229. The Balaban J connectivity index is 1.44. The zero-order chi connectivity index (χ0) is 37.7. The molecule has 0 amide bonds. The first-order valence-corrected chi connectivity index (χ1v) is 15.9. The first-order valence-electron chi connectivity index (χ1n) is 15.9. The summed E-state index contributed by atoms with van der Waals surface area (Å²) in [7, 11) is 0. The van der Waals surface area contributed by atoms with Gasteiger partial charge in [-0.15, -0.1) is 0 Å². The Morgan fingerprint density at radius 2 is 0.942 bits per heavy atom. The van der Waals surface area contributed by atoms with Gasteiger partial charge in [0.05, 0.1) is 43.1 Å². The number of carbonyl (C=O) groups excluding carboxylic acids is 5. The lowest BCUT2D eigenvalue weighted by atomic mass is 10.2. The first-order chi connectivity index (χ1) is 25.1. The number of allylic oxidation sites excluding steroid dienone is 4. The van der Waals surface area contributed by atoms with Crippen molar-refractivity contribution in [3.8, 4) is 17.2 Å². The molecule has 0 spiro atoms. The van der Waals surface area contributed by atoms with E-state index in [1.165, 1.54) is 42.5 Å². The molecule has 12 nitrogen and oxygen atoms in total. The third kappa shape index (κ3) is 14.0. The molecule has 0 radical (unpaired) electrons. The summed E-state index contributed by atoms with van der Waals surface area (Å²) in [6.45, 7) is 12.9. The van der Waals surface area contributed by atoms with E-state index < -0.39 is 29.8 Å². The molecule has 0 unspecified atom stereocenters. The van der Waals surface area contributed by atoms with E-state index in [4.69, 9.17) is 33.2 Å². The molecule has 0 heterocycles. The SMILES string of the molecule is C=CC(=O)OCCCOc1ccc(C(=O)O/C(C)=C/C=C(\C=C)OC(=O)c2ccc(OC(=O)c3ccc(OCCCOC(=O)C=C)cc3)cc2)cc1. The third-order valence-corrected chi connectivity index (χ3v) is 6.57. The number of hydrogen-bond acceptors (Lipinski definition) is 12. The number of hydrogen-bond donors (Lipinski definition) is 0. The van der Waals surface area contributed by atoms with E-state index in [1.54, 1.807) is 55.5 Å². The predicted octanol–water partition coefficient (Wildman–Crippen LogP) is 6.89. The van der Waals surface area contributed by atoms with Crippen LogP contribution >= 0.6 is 0 Å². The minimum atomic E-state index is -0.693. The monoisotopic (exact) mass is 710 g/mol. The highest BCUT2D eigenvalue weighted by Gasteiger charge is 2.13. The van der Waals surface area contributed by atoms with Gasteiger partial charge < -0.3 is 33.2 Å². The van der Waals surface area contributed by atoms with E-state index in [2.05, 4.69) is 19.7 Å². The van der Waals surface area contributed by atoms with E-state index in [0.717, 1.165) is 12.2 Å². The Labute approximate surface area is 301 Å². The smallest absolute Gasteiger partial charge is 0.343 e. The van der Waals surface area contributed by atoms with Crippen molar-refractivity contribution in [2.45, 2.75) is 19.8 Å². The van der Waals surface area contributed by atoms with Crippen molar-refractivity contribution in [1.82, 2.24) is 0 Å². The van der Waals surface area contributed by atoms with Crippen LogP contribution in [0.3, 0.4) is 0 Å². The summed E-state index contributed by atoms with van der Waals surface area (Å²) in [5.74, 6) is -1.31. The van der Waals surface area contributed by atoms with Crippen molar-refractivity contribution in [3.63, 3.8) is 0 Å². The molecule has 0 aliphatic rings. The van der Waals surface area contributed by atoms with E-state index >= 15 is 0 Å². The lowest BCUT2D eigenvalue weighted by Crippen LogP contribution is -2.09. The maximum atomic E-state index is 12.7. The van der Waals surface area contributed by atoms with Gasteiger partial charge in [-0.3, -0.25) is 0 Å². The summed E-state index contributed by atoms with van der Waals surface area (Å²) < 4.78 is 37.1. The van der Waals surface area contributed by atoms with Crippen LogP contribution < -0.4 is 14.2 Å². The molecule has 0 aliphatic carbocycles. The molecule has 3 aromatic carbocycles. The van der Waals surface area contributed by atoms with Gasteiger partial charge in [0, 0.05) is 25.0 Å². The summed E-state index contributed by atoms with van der Waals surface area (Å²) in [4.78, 5) is 60.0. The topological polar surface area (TPSA) is 150 Å². The molecular weight excluding hydrogens is 672 g/mol. The second-order valence-corrected chi connectivity index (χ2v) is 10.4. The summed E-state index contributed by atoms with van der Waals surface area (Å²) in [5.41, 5.74) is 0.756. The van der Waals surface area contributed by atoms with Gasteiger partial charge in [-0.1, -0.05) is 19.7 Å². The summed E-state index contributed by atoms with van der Waals surface area (Å²) in [5, 5.41) is 0. The Bertz CT molecular complexity index is 1780. The fourth-order valence-electron chi connectivity index (χ4n) is 3.91. The molecule has 270 valence electrons. The Kier molecular flexibility index (Phi) is 16.4. The Morgan fingerprint density at radius 1 is 0.519 bits per heavy atom. The molecule has 52 heavy (non-hydrogen) atoms. The van der Waals surface area contributed by atoms with Gasteiger partial charge in [0.1, 0.15) is 28.8 Å². The Hall–Kier alpha value is -6.69. The number of rotatable bonds is 20. The molecule has 0 bridgehead atoms. The van der Waals surface area contributed by atoms with Crippen LogP contribution in [0.4, 0.5) is 0 Å². The normalized spacial score (nSPS) is 10.9. The lowest BCUT2D eigenvalue weighted by Gasteiger charge is -2.09. The largest absolute Gasteiger partial charge is 0.493 e. The van der Waals surface area contributed by atoms with E-state index in [9.17, 15) is 24.0 Å². The van der Waals surface area contributed by atoms with Gasteiger partial charge in [0.25, 0.3) is 0 Å². The van der Waals surface area contributed by atoms with E-state index in [0.29, 0.717) is 37.6 Å². The zero-order valence-corrected chi connectivity index (χ0v) is 28.6. The summed E-state index contributed by atoms with van der Waals surface area (Å²) >= 11 is 0. The van der Waals surface area contributed by atoms with Gasteiger partial charge in [-0.05, 0) is 97.9 Å². The van der Waals surface area contributed by atoms with Crippen molar-refractivity contribution < 1.29 is 57.1 Å². The van der Waals surface area contributed by atoms with Crippen LogP contribution in [0.1, 0.15) is 50.8 Å². The minimum Gasteiger partial charge on any atom is -0.493 e. The van der Waals surface area contributed by atoms with Crippen LogP contribution in [-0.4, -0.2) is 56.3 Å². The second kappa shape index (κ2) is 21.4. The van der Waals surface area contributed by atoms with Crippen molar-refractivity contribution in [1.29, 1.82) is 0 Å². The van der Waals surface area contributed by atoms with Crippen LogP contribution in [0.5, 0.6) is 17.2 Å². The third-order valence-electron chi connectivity index (χ3n) is 6.57. The maximum absolute atomic E-state index is 12.7. The first kappa shape index (κ1) is 39.7. The van der Waals surface area contributed by atoms with Crippen molar-refractivity contribution >= 4 is 29.8 Å². The standard InChI is InChI=1S/C40H38O12/c1-5-32(17-10-28(4)50-38(43)29-11-18-33(19-12-29)46-24-8-26-48-36(41)6-2)51-39(44)31-15-22-35(23-16-31)52-40(45)30-13-20-34(21-14-30)47-25-9-27-49-37(42)7-3/h5-7,10-23H,1-3,8-9,24-27H2,4H3/b28-10+,32-17+. The fraction of sp³-hybridized carbons (Fsp3) is 0.175. The van der Waals surface area contributed by atoms with Gasteiger partial charge in [0.2, 0.25) is 0 Å². The molecule has 3 rings (SSSR count). The number of ether oxygens (including phenoxy) is 7. The highest BCUT2D eigenvalue weighted by atomic mass is 16.6. The minimum absolute atomic E-state index is 0.0974. The molecule has 0 saturated carbocycles. The van der Waals surface area contributed by atoms with Gasteiger partial charge in [-0.25, -0.2) is 24.0 Å². The second-order valence-electron chi connectivity index (χ2n) is 10.4. The van der Waals surface area contributed by atoms with Crippen molar-refractivity contribution in [2.24, 2.45) is 0 Å². The summed E-state index contributed by atoms with van der Waals surface area (Å²) in [6.07, 6.45) is 7.34. The lowest BCUT2D eigenvalue weighted by molar-refractivity contribution is -0.138. The molecule has 0 aliphatic heterocycles. The maximum Gasteiger partial charge on any atom is 0.343 e. The van der Waals surface area contributed by atoms with E-state index in [1.807, 2.05) is 0 Å². The highest BCUT2D eigenvalue weighted by Crippen LogP contribution is 2.19. The van der Waals surface area contributed by atoms with Gasteiger partial charge in [0.15, 0.2) is 0 Å². The van der Waals surface area contributed by atoms with Crippen molar-refractivity contribution in [3.05, 3.63) is 151 Å². The van der Waals surface area contributed by atoms with Crippen LogP contribution in [0, 0.1) is 0 Å². The van der Waals surface area contributed by atoms with E-state index in [-0.39, 0.29) is 47.2 Å². The van der Waals surface area contributed by atoms with Crippen LogP contribution in [0.25, 0.3) is 0 Å². The van der Waals surface area contributed by atoms with Crippen LogP contribution in [0.15, 0.2) is 134 Å². The molecule has 3 aromatic rings.